The van der Waals surface area contributed by atoms with E-state index in [0.717, 1.165) is 22.1 Å². The number of hydrazine groups is 1. The summed E-state index contributed by atoms with van der Waals surface area (Å²) in [5, 5.41) is 0. The van der Waals surface area contributed by atoms with Gasteiger partial charge in [0.15, 0.2) is 4.67 Å². The van der Waals surface area contributed by atoms with Crippen LogP contribution in [0.15, 0.2) is 21.4 Å². The lowest BCUT2D eigenvalue weighted by Gasteiger charge is -2.36. The van der Waals surface area contributed by atoms with Gasteiger partial charge in [0.05, 0.1) is 12.3 Å². The van der Waals surface area contributed by atoms with E-state index in [2.05, 4.69) is 35.2 Å². The van der Waals surface area contributed by atoms with Gasteiger partial charge in [-0.3, -0.25) is 11.3 Å². The minimum atomic E-state index is 0.188. The Labute approximate surface area is 111 Å². The number of halogens is 1. The Hall–Kier alpha value is -0.320. The average Bonchev–Trinajstić information content (AvgIpc) is 2.65. The third-order valence-electron chi connectivity index (χ3n) is 3.85. The first kappa shape index (κ1) is 13.1. The molecule has 3 unspecified atom stereocenters. The van der Waals surface area contributed by atoms with Crippen molar-refractivity contribution in [1.29, 1.82) is 0 Å². The number of hydrogen-bond donors (Lipinski definition) is 2. The van der Waals surface area contributed by atoms with Crippen molar-refractivity contribution >= 4 is 15.9 Å². The van der Waals surface area contributed by atoms with Crippen LogP contribution in [0.25, 0.3) is 0 Å². The van der Waals surface area contributed by atoms with Gasteiger partial charge in [-0.25, -0.2) is 0 Å². The van der Waals surface area contributed by atoms with Gasteiger partial charge in [0.25, 0.3) is 0 Å². The normalized spacial score (nSPS) is 31.4. The Morgan fingerprint density at radius 1 is 1.35 bits per heavy atom. The molecule has 1 fully saturated rings. The molecule has 0 amide bonds. The van der Waals surface area contributed by atoms with Gasteiger partial charge < -0.3 is 4.42 Å². The molecule has 0 aromatic carbocycles. The van der Waals surface area contributed by atoms with Crippen molar-refractivity contribution in [3.63, 3.8) is 0 Å². The summed E-state index contributed by atoms with van der Waals surface area (Å²) in [5.74, 6) is 7.90. The van der Waals surface area contributed by atoms with Gasteiger partial charge in [0, 0.05) is 5.56 Å². The van der Waals surface area contributed by atoms with Crippen LogP contribution in [0.4, 0.5) is 0 Å². The number of rotatable bonds is 3. The maximum absolute atomic E-state index is 5.74. The zero-order valence-corrected chi connectivity index (χ0v) is 12.0. The van der Waals surface area contributed by atoms with Crippen LogP contribution in [0.5, 0.6) is 0 Å². The third kappa shape index (κ3) is 2.92. The maximum atomic E-state index is 5.74. The van der Waals surface area contributed by atoms with Crippen LogP contribution in [-0.4, -0.2) is 0 Å². The minimum Gasteiger partial charge on any atom is -0.457 e. The minimum absolute atomic E-state index is 0.188. The fraction of sp³-hybridized carbons (Fsp3) is 0.692. The highest BCUT2D eigenvalue weighted by molar-refractivity contribution is 9.10. The van der Waals surface area contributed by atoms with Gasteiger partial charge in [0.2, 0.25) is 0 Å². The van der Waals surface area contributed by atoms with Crippen LogP contribution >= 0.6 is 15.9 Å². The molecule has 3 nitrogen and oxygen atoms in total. The summed E-state index contributed by atoms with van der Waals surface area (Å²) in [5.41, 5.74) is 4.10. The molecule has 17 heavy (non-hydrogen) atoms. The number of hydrogen-bond acceptors (Lipinski definition) is 3. The molecule has 1 aromatic heterocycles. The van der Waals surface area contributed by atoms with Crippen molar-refractivity contribution in [2.75, 3.05) is 0 Å². The molecule has 0 radical (unpaired) electrons. The number of nitrogens with two attached hydrogens (primary N) is 1. The summed E-state index contributed by atoms with van der Waals surface area (Å²) in [6.45, 7) is 4.67. The Morgan fingerprint density at radius 2 is 2.00 bits per heavy atom. The molecule has 1 aliphatic carbocycles. The molecule has 1 aliphatic rings. The fourth-order valence-corrected chi connectivity index (χ4v) is 3.77. The van der Waals surface area contributed by atoms with E-state index in [4.69, 9.17) is 10.3 Å². The molecule has 0 saturated heterocycles. The molecular formula is C13H21BrN2O. The van der Waals surface area contributed by atoms with E-state index in [1.54, 1.807) is 6.26 Å². The predicted molar refractivity (Wildman–Crippen MR) is 72.1 cm³/mol. The second-order valence-corrected chi connectivity index (χ2v) is 6.19. The first-order valence-corrected chi connectivity index (χ1v) is 7.10. The fourth-order valence-electron chi connectivity index (χ4n) is 3.29. The Kier molecular flexibility index (Phi) is 4.28. The smallest absolute Gasteiger partial charge is 0.173 e. The Morgan fingerprint density at radius 3 is 2.47 bits per heavy atom. The summed E-state index contributed by atoms with van der Waals surface area (Å²) in [4.78, 5) is 0. The summed E-state index contributed by atoms with van der Waals surface area (Å²) in [6, 6.07) is 2.19. The Bertz CT molecular complexity index is 356. The summed E-state index contributed by atoms with van der Waals surface area (Å²) < 4.78 is 6.11. The van der Waals surface area contributed by atoms with Crippen molar-refractivity contribution in [3.8, 4) is 0 Å². The standard InChI is InChI=1S/C13H21BrN2O/c1-8-5-9(2)7-10(6-8)12(16-15)11-3-4-17-13(11)14/h3-4,8-10,12,16H,5-7,15H2,1-2H3. The van der Waals surface area contributed by atoms with Crippen molar-refractivity contribution in [2.45, 2.75) is 39.2 Å². The zero-order valence-electron chi connectivity index (χ0n) is 10.4. The monoisotopic (exact) mass is 300 g/mol. The topological polar surface area (TPSA) is 51.2 Å². The second-order valence-electron chi connectivity index (χ2n) is 5.47. The predicted octanol–water partition coefficient (Wildman–Crippen LogP) is 3.62. The quantitative estimate of drug-likeness (QED) is 0.662. The van der Waals surface area contributed by atoms with Gasteiger partial charge in [-0.1, -0.05) is 13.8 Å². The van der Waals surface area contributed by atoms with Crippen LogP contribution in [0.3, 0.4) is 0 Å². The van der Waals surface area contributed by atoms with E-state index in [9.17, 15) is 0 Å². The number of nitrogens with one attached hydrogen (secondary N) is 1. The van der Waals surface area contributed by atoms with E-state index in [1.165, 1.54) is 19.3 Å². The summed E-state index contributed by atoms with van der Waals surface area (Å²) in [6.07, 6.45) is 5.51. The van der Waals surface area contributed by atoms with Gasteiger partial charge in [-0.15, -0.1) is 0 Å². The summed E-state index contributed by atoms with van der Waals surface area (Å²) in [7, 11) is 0. The van der Waals surface area contributed by atoms with Gasteiger partial charge in [-0.05, 0) is 59.0 Å². The molecule has 1 aromatic rings. The van der Waals surface area contributed by atoms with Gasteiger partial charge in [-0.2, -0.15) is 0 Å². The lowest BCUT2D eigenvalue weighted by Crippen LogP contribution is -2.37. The average molecular weight is 301 g/mol. The van der Waals surface area contributed by atoms with Crippen LogP contribution in [0.2, 0.25) is 0 Å². The SMILES string of the molecule is CC1CC(C)CC(C(NN)c2ccoc2Br)C1. The molecule has 4 heteroatoms. The lowest BCUT2D eigenvalue weighted by atomic mass is 9.73. The molecule has 1 heterocycles. The molecule has 96 valence electrons. The lowest BCUT2D eigenvalue weighted by molar-refractivity contribution is 0.176. The van der Waals surface area contributed by atoms with Crippen molar-refractivity contribution in [1.82, 2.24) is 5.43 Å². The molecule has 0 aliphatic heterocycles. The second kappa shape index (κ2) is 5.55. The molecule has 0 spiro atoms. The highest BCUT2D eigenvalue weighted by Gasteiger charge is 2.31. The van der Waals surface area contributed by atoms with Crippen molar-refractivity contribution in [3.05, 3.63) is 22.6 Å². The van der Waals surface area contributed by atoms with Crippen molar-refractivity contribution < 1.29 is 4.42 Å². The molecule has 2 rings (SSSR count). The molecule has 3 N–H and O–H groups in total. The van der Waals surface area contributed by atoms with E-state index in [0.29, 0.717) is 5.92 Å². The van der Waals surface area contributed by atoms with E-state index < -0.39 is 0 Å². The maximum Gasteiger partial charge on any atom is 0.173 e. The first-order valence-electron chi connectivity index (χ1n) is 6.30. The van der Waals surface area contributed by atoms with Crippen LogP contribution in [0, 0.1) is 17.8 Å². The van der Waals surface area contributed by atoms with E-state index in [1.807, 2.05) is 6.07 Å². The van der Waals surface area contributed by atoms with Crippen LogP contribution in [-0.2, 0) is 0 Å². The molecular weight excluding hydrogens is 280 g/mol. The van der Waals surface area contributed by atoms with E-state index in [-0.39, 0.29) is 6.04 Å². The number of furan rings is 1. The molecule has 1 saturated carbocycles. The highest BCUT2D eigenvalue weighted by atomic mass is 79.9. The first-order chi connectivity index (χ1) is 8.11. The zero-order chi connectivity index (χ0) is 12.4. The molecule has 0 bridgehead atoms. The largest absolute Gasteiger partial charge is 0.457 e. The van der Waals surface area contributed by atoms with Gasteiger partial charge >= 0.3 is 0 Å². The van der Waals surface area contributed by atoms with Crippen molar-refractivity contribution in [2.24, 2.45) is 23.6 Å². The van der Waals surface area contributed by atoms with Crippen LogP contribution < -0.4 is 11.3 Å². The Balaban J connectivity index is 2.15. The highest BCUT2D eigenvalue weighted by Crippen LogP contribution is 2.41. The van der Waals surface area contributed by atoms with Gasteiger partial charge in [0.1, 0.15) is 0 Å². The summed E-state index contributed by atoms with van der Waals surface area (Å²) >= 11 is 3.44. The third-order valence-corrected chi connectivity index (χ3v) is 4.49. The van der Waals surface area contributed by atoms with E-state index >= 15 is 0 Å². The van der Waals surface area contributed by atoms with Crippen LogP contribution in [0.1, 0.15) is 44.7 Å². The molecule has 3 atom stereocenters.